The van der Waals surface area contributed by atoms with E-state index in [2.05, 4.69) is 72.4 Å². The maximum absolute atomic E-state index is 12.0. The number of likely N-dealkylation sites (tertiary alicyclic amines) is 1. The number of carbonyl (C=O) groups is 1. The summed E-state index contributed by atoms with van der Waals surface area (Å²) in [6.45, 7) is 4.84. The van der Waals surface area contributed by atoms with Crippen molar-refractivity contribution >= 4 is 11.6 Å². The van der Waals surface area contributed by atoms with Gasteiger partial charge in [-0.1, -0.05) is 36.4 Å². The number of nitrogens with zero attached hydrogens (tertiary/aromatic N) is 3. The van der Waals surface area contributed by atoms with E-state index in [1.54, 1.807) is 6.92 Å². The number of hydrogen-bond donors (Lipinski definition) is 0. The summed E-state index contributed by atoms with van der Waals surface area (Å²) in [6.07, 6.45) is 2.52. The van der Waals surface area contributed by atoms with Gasteiger partial charge in [-0.05, 0) is 54.8 Å². The highest BCUT2D eigenvalue weighted by Crippen LogP contribution is 2.27. The molecule has 1 atom stereocenters. The molecule has 0 aromatic heterocycles. The van der Waals surface area contributed by atoms with Gasteiger partial charge in [-0.25, -0.2) is 0 Å². The van der Waals surface area contributed by atoms with Crippen molar-refractivity contribution in [2.75, 3.05) is 45.7 Å². The monoisotopic (exact) mass is 365 g/mol. The Morgan fingerprint density at radius 3 is 1.93 bits per heavy atom. The van der Waals surface area contributed by atoms with Crippen molar-refractivity contribution in [1.82, 2.24) is 9.80 Å². The highest BCUT2D eigenvalue weighted by molar-refractivity contribution is 5.73. The molecular formula is C23H31N3O. The summed E-state index contributed by atoms with van der Waals surface area (Å²) >= 11 is 0. The van der Waals surface area contributed by atoms with Crippen LogP contribution in [0.2, 0.25) is 0 Å². The second-order valence-corrected chi connectivity index (χ2v) is 7.72. The molecule has 0 radical (unpaired) electrons. The van der Waals surface area contributed by atoms with Crippen LogP contribution in [0.15, 0.2) is 48.5 Å². The van der Waals surface area contributed by atoms with Crippen LogP contribution in [0.4, 0.5) is 5.69 Å². The fourth-order valence-electron chi connectivity index (χ4n) is 3.73. The molecule has 144 valence electrons. The average Bonchev–Trinajstić information content (AvgIpc) is 3.19. The van der Waals surface area contributed by atoms with Crippen molar-refractivity contribution in [3.63, 3.8) is 0 Å². The van der Waals surface area contributed by atoms with E-state index in [0.717, 1.165) is 19.6 Å². The van der Waals surface area contributed by atoms with Gasteiger partial charge in [-0.3, -0.25) is 4.79 Å². The highest BCUT2D eigenvalue weighted by atomic mass is 16.2. The SMILES string of the molecule is CC(=O)N(C)C(CN1CCCC1)c1ccc(-c2ccc(N(C)C)cc2)cc1. The molecule has 4 heteroatoms. The van der Waals surface area contributed by atoms with Crippen molar-refractivity contribution in [1.29, 1.82) is 0 Å². The molecule has 1 fully saturated rings. The number of hydrogen-bond acceptors (Lipinski definition) is 3. The van der Waals surface area contributed by atoms with Crippen LogP contribution >= 0.6 is 0 Å². The largest absolute Gasteiger partial charge is 0.378 e. The predicted octanol–water partition coefficient (Wildman–Crippen LogP) is 4.03. The summed E-state index contributed by atoms with van der Waals surface area (Å²) in [5.74, 6) is 0.113. The second kappa shape index (κ2) is 8.57. The minimum Gasteiger partial charge on any atom is -0.378 e. The van der Waals surface area contributed by atoms with Crippen LogP contribution in [0.5, 0.6) is 0 Å². The van der Waals surface area contributed by atoms with Crippen molar-refractivity contribution < 1.29 is 4.79 Å². The minimum absolute atomic E-state index is 0.103. The van der Waals surface area contributed by atoms with Gasteiger partial charge in [-0.15, -0.1) is 0 Å². The molecule has 1 unspecified atom stereocenters. The van der Waals surface area contributed by atoms with Crippen LogP contribution in [0.1, 0.15) is 31.4 Å². The molecule has 0 bridgehead atoms. The van der Waals surface area contributed by atoms with Crippen molar-refractivity contribution in [2.45, 2.75) is 25.8 Å². The van der Waals surface area contributed by atoms with Crippen LogP contribution in [-0.4, -0.2) is 56.5 Å². The van der Waals surface area contributed by atoms with Crippen LogP contribution in [0.3, 0.4) is 0 Å². The van der Waals surface area contributed by atoms with Gasteiger partial charge in [0.25, 0.3) is 0 Å². The van der Waals surface area contributed by atoms with E-state index in [-0.39, 0.29) is 11.9 Å². The van der Waals surface area contributed by atoms with Gasteiger partial charge in [0.1, 0.15) is 0 Å². The quantitative estimate of drug-likeness (QED) is 0.773. The van der Waals surface area contributed by atoms with E-state index in [0.29, 0.717) is 0 Å². The number of carbonyl (C=O) groups excluding carboxylic acids is 1. The number of benzene rings is 2. The van der Waals surface area contributed by atoms with E-state index in [9.17, 15) is 4.79 Å². The molecule has 27 heavy (non-hydrogen) atoms. The Hall–Kier alpha value is -2.33. The fourth-order valence-corrected chi connectivity index (χ4v) is 3.73. The first-order valence-corrected chi connectivity index (χ1v) is 9.79. The Morgan fingerprint density at radius 1 is 0.926 bits per heavy atom. The molecule has 2 aromatic carbocycles. The molecule has 1 heterocycles. The first kappa shape index (κ1) is 19.4. The van der Waals surface area contributed by atoms with Crippen LogP contribution < -0.4 is 4.90 Å². The van der Waals surface area contributed by atoms with E-state index in [4.69, 9.17) is 0 Å². The molecular weight excluding hydrogens is 334 g/mol. The Labute approximate surface area is 163 Å². The molecule has 2 aromatic rings. The van der Waals surface area contributed by atoms with Gasteiger partial charge in [0.15, 0.2) is 0 Å². The topological polar surface area (TPSA) is 26.8 Å². The van der Waals surface area contributed by atoms with Crippen LogP contribution in [0, 0.1) is 0 Å². The Bertz CT molecular complexity index is 746. The van der Waals surface area contributed by atoms with Gasteiger partial charge in [0.05, 0.1) is 6.04 Å². The third-order valence-corrected chi connectivity index (χ3v) is 5.61. The smallest absolute Gasteiger partial charge is 0.219 e. The van der Waals surface area contributed by atoms with E-state index < -0.39 is 0 Å². The summed E-state index contributed by atoms with van der Waals surface area (Å²) < 4.78 is 0. The zero-order valence-corrected chi connectivity index (χ0v) is 17.0. The second-order valence-electron chi connectivity index (χ2n) is 7.72. The zero-order valence-electron chi connectivity index (χ0n) is 17.0. The molecule has 0 spiro atoms. The van der Waals surface area contributed by atoms with E-state index in [1.165, 1.54) is 35.2 Å². The molecule has 0 saturated carbocycles. The zero-order chi connectivity index (χ0) is 19.4. The lowest BCUT2D eigenvalue weighted by molar-refractivity contribution is -0.130. The van der Waals surface area contributed by atoms with Gasteiger partial charge in [-0.2, -0.15) is 0 Å². The minimum atomic E-state index is 0.103. The van der Waals surface area contributed by atoms with Crippen molar-refractivity contribution in [3.05, 3.63) is 54.1 Å². The van der Waals surface area contributed by atoms with Gasteiger partial charge in [0, 0.05) is 40.3 Å². The summed E-state index contributed by atoms with van der Waals surface area (Å²) in [6, 6.07) is 17.4. The standard InChI is InChI=1S/C23H31N3O/c1-18(27)25(4)23(17-26-15-5-6-16-26)21-9-7-19(8-10-21)20-11-13-22(14-12-20)24(2)3/h7-14,23H,5-6,15-17H2,1-4H3. The summed E-state index contributed by atoms with van der Waals surface area (Å²) in [7, 11) is 6.02. The summed E-state index contributed by atoms with van der Waals surface area (Å²) in [4.78, 5) is 18.5. The molecule has 0 N–H and O–H groups in total. The summed E-state index contributed by atoms with van der Waals surface area (Å²) in [5, 5.41) is 0. The third kappa shape index (κ3) is 4.69. The Morgan fingerprint density at radius 2 is 1.44 bits per heavy atom. The first-order valence-electron chi connectivity index (χ1n) is 9.79. The van der Waals surface area contributed by atoms with E-state index in [1.807, 2.05) is 11.9 Å². The third-order valence-electron chi connectivity index (χ3n) is 5.61. The maximum Gasteiger partial charge on any atom is 0.219 e. The van der Waals surface area contributed by atoms with Crippen molar-refractivity contribution in [3.8, 4) is 11.1 Å². The molecule has 0 aliphatic carbocycles. The van der Waals surface area contributed by atoms with E-state index >= 15 is 0 Å². The normalized spacial score (nSPS) is 15.6. The van der Waals surface area contributed by atoms with Gasteiger partial charge in [0.2, 0.25) is 5.91 Å². The summed E-state index contributed by atoms with van der Waals surface area (Å²) in [5.41, 5.74) is 4.81. The lowest BCUT2D eigenvalue weighted by Gasteiger charge is -2.31. The number of amides is 1. The molecule has 3 rings (SSSR count). The fraction of sp³-hybridized carbons (Fsp3) is 0.435. The number of rotatable bonds is 6. The van der Waals surface area contributed by atoms with Gasteiger partial charge >= 0.3 is 0 Å². The molecule has 1 aliphatic rings. The van der Waals surface area contributed by atoms with Gasteiger partial charge < -0.3 is 14.7 Å². The lowest BCUT2D eigenvalue weighted by Crippen LogP contribution is -2.37. The molecule has 1 aliphatic heterocycles. The number of anilines is 1. The lowest BCUT2D eigenvalue weighted by atomic mass is 9.99. The molecule has 1 amide bonds. The van der Waals surface area contributed by atoms with Crippen molar-refractivity contribution in [2.24, 2.45) is 0 Å². The predicted molar refractivity (Wildman–Crippen MR) is 113 cm³/mol. The molecule has 4 nitrogen and oxygen atoms in total. The highest BCUT2D eigenvalue weighted by Gasteiger charge is 2.24. The van der Waals surface area contributed by atoms with Crippen LogP contribution in [0.25, 0.3) is 11.1 Å². The first-order chi connectivity index (χ1) is 13.0. The van der Waals surface area contributed by atoms with Crippen LogP contribution in [-0.2, 0) is 4.79 Å². The average molecular weight is 366 g/mol. The Balaban J connectivity index is 1.80. The Kier molecular flexibility index (Phi) is 6.17. The molecule has 1 saturated heterocycles. The number of likely N-dealkylation sites (N-methyl/N-ethyl adjacent to an activating group) is 1. The maximum atomic E-state index is 12.0.